The van der Waals surface area contributed by atoms with E-state index in [-0.39, 0.29) is 6.42 Å². The van der Waals surface area contributed by atoms with Crippen molar-refractivity contribution in [2.45, 2.75) is 24.9 Å². The molecule has 34 heavy (non-hydrogen) atoms. The first kappa shape index (κ1) is 23.1. The number of nitrogens with two attached hydrogens (primary N) is 1. The Balaban J connectivity index is 1.43. The van der Waals surface area contributed by atoms with E-state index in [0.717, 1.165) is 27.8 Å². The van der Waals surface area contributed by atoms with Gasteiger partial charge in [0.05, 0.1) is 20.3 Å². The number of ether oxygens (including phenoxy) is 2. The molecule has 9 nitrogen and oxygen atoms in total. The summed E-state index contributed by atoms with van der Waals surface area (Å²) in [5.41, 5.74) is 9.63. The van der Waals surface area contributed by atoms with Gasteiger partial charge in [-0.25, -0.2) is 9.78 Å². The topological polar surface area (TPSA) is 135 Å². The van der Waals surface area contributed by atoms with Crippen molar-refractivity contribution in [2.24, 2.45) is 5.73 Å². The number of nitrogens with one attached hydrogen (secondary N) is 3. The number of nitrogens with zero attached hydrogens (tertiary/aromatic N) is 1. The van der Waals surface area contributed by atoms with Crippen LogP contribution in [0.5, 0.6) is 5.75 Å². The van der Waals surface area contributed by atoms with Crippen LogP contribution < -0.4 is 15.8 Å². The van der Waals surface area contributed by atoms with Gasteiger partial charge in [0.1, 0.15) is 17.6 Å². The number of carbonyl (C=O) groups excluding carboxylic acids is 2. The molecule has 2 heterocycles. The summed E-state index contributed by atoms with van der Waals surface area (Å²) in [6, 6.07) is 13.5. The summed E-state index contributed by atoms with van der Waals surface area (Å²) < 4.78 is 10.1. The molecule has 5 N–H and O–H groups in total. The molecule has 2 aromatic heterocycles. The second-order valence-corrected chi connectivity index (χ2v) is 7.94. The number of hydrogen-bond donors (Lipinski definition) is 4. The molecule has 176 valence electrons. The average molecular weight is 462 g/mol. The summed E-state index contributed by atoms with van der Waals surface area (Å²) in [7, 11) is 2.89. The fourth-order valence-electron chi connectivity index (χ4n) is 3.82. The van der Waals surface area contributed by atoms with Gasteiger partial charge in [0, 0.05) is 41.0 Å². The number of aromatic nitrogens is 3. The van der Waals surface area contributed by atoms with E-state index in [1.165, 1.54) is 7.11 Å². The third-order valence-electron chi connectivity index (χ3n) is 5.67. The van der Waals surface area contributed by atoms with E-state index in [1.807, 2.05) is 54.7 Å². The predicted octanol–water partition coefficient (Wildman–Crippen LogP) is 2.34. The smallest absolute Gasteiger partial charge is 0.328 e. The Morgan fingerprint density at radius 2 is 1.85 bits per heavy atom. The number of aromatic amines is 2. The van der Waals surface area contributed by atoms with Gasteiger partial charge in [0.2, 0.25) is 5.91 Å². The molecule has 0 aliphatic carbocycles. The van der Waals surface area contributed by atoms with E-state index in [9.17, 15) is 9.59 Å². The summed E-state index contributed by atoms with van der Waals surface area (Å²) in [6.07, 6.45) is 3.99. The lowest BCUT2D eigenvalue weighted by molar-refractivity contribution is -0.145. The first-order valence-corrected chi connectivity index (χ1v) is 10.9. The van der Waals surface area contributed by atoms with Gasteiger partial charge < -0.3 is 30.5 Å². The Bertz CT molecular complexity index is 1280. The van der Waals surface area contributed by atoms with Crippen molar-refractivity contribution in [3.63, 3.8) is 0 Å². The van der Waals surface area contributed by atoms with Crippen molar-refractivity contribution >= 4 is 22.8 Å². The highest BCUT2D eigenvalue weighted by Crippen LogP contribution is 2.21. The standard InChI is InChI=1S/C25H27N5O4/c1-33-18-9-7-15(8-10-18)23-28-14-17(29-23)12-22(25(32)34-2)30-24(31)20(26)11-16-13-27-21-6-4-3-5-19(16)21/h3-10,13-14,20,22,27H,11-12,26H2,1-2H3,(H,28,29)(H,30,31)/t20-,22-/m0/s1. The minimum atomic E-state index is -0.907. The maximum Gasteiger partial charge on any atom is 0.328 e. The highest BCUT2D eigenvalue weighted by atomic mass is 16.5. The number of methoxy groups -OCH3 is 2. The van der Waals surface area contributed by atoms with Crippen molar-refractivity contribution < 1.29 is 19.1 Å². The second-order valence-electron chi connectivity index (χ2n) is 7.94. The van der Waals surface area contributed by atoms with Gasteiger partial charge in [-0.05, 0) is 42.3 Å². The SMILES string of the molecule is COC(=O)[C@H](Cc1cnc(-c2ccc(OC)cc2)[nH]1)NC(=O)[C@@H](N)Cc1c[nH]c2ccccc12. The molecule has 1 amide bonds. The lowest BCUT2D eigenvalue weighted by atomic mass is 10.0. The van der Waals surface area contributed by atoms with Crippen LogP contribution in [-0.2, 0) is 27.2 Å². The highest BCUT2D eigenvalue weighted by Gasteiger charge is 2.26. The van der Waals surface area contributed by atoms with Gasteiger partial charge in [-0.15, -0.1) is 0 Å². The molecule has 0 saturated carbocycles. The molecule has 0 fully saturated rings. The number of benzene rings is 2. The van der Waals surface area contributed by atoms with Gasteiger partial charge in [-0.2, -0.15) is 0 Å². The molecule has 9 heteroatoms. The Morgan fingerprint density at radius 3 is 2.59 bits per heavy atom. The summed E-state index contributed by atoms with van der Waals surface area (Å²) in [6.45, 7) is 0. The molecule has 0 unspecified atom stereocenters. The van der Waals surface area contributed by atoms with Crippen molar-refractivity contribution in [1.29, 1.82) is 0 Å². The van der Waals surface area contributed by atoms with E-state index in [2.05, 4.69) is 20.3 Å². The Morgan fingerprint density at radius 1 is 1.09 bits per heavy atom. The summed E-state index contributed by atoms with van der Waals surface area (Å²) in [5.74, 6) is 0.389. The quantitative estimate of drug-likeness (QED) is 0.283. The Kier molecular flexibility index (Phi) is 6.93. The first-order chi connectivity index (χ1) is 16.5. The number of hydrogen-bond acceptors (Lipinski definition) is 6. The predicted molar refractivity (Wildman–Crippen MR) is 128 cm³/mol. The van der Waals surface area contributed by atoms with Crippen LogP contribution >= 0.6 is 0 Å². The van der Waals surface area contributed by atoms with Crippen molar-refractivity contribution in [2.75, 3.05) is 14.2 Å². The van der Waals surface area contributed by atoms with Crippen LogP contribution in [0.4, 0.5) is 0 Å². The normalized spacial score (nSPS) is 12.8. The largest absolute Gasteiger partial charge is 0.497 e. The number of para-hydroxylation sites is 1. The molecule has 0 spiro atoms. The Labute approximate surface area is 196 Å². The van der Waals surface area contributed by atoms with E-state index < -0.39 is 24.0 Å². The van der Waals surface area contributed by atoms with Crippen LogP contribution in [0, 0.1) is 0 Å². The van der Waals surface area contributed by atoms with E-state index >= 15 is 0 Å². The van der Waals surface area contributed by atoms with Crippen molar-refractivity contribution in [1.82, 2.24) is 20.3 Å². The Hall–Kier alpha value is -4.11. The van der Waals surface area contributed by atoms with E-state index in [4.69, 9.17) is 15.2 Å². The molecular formula is C25H27N5O4. The molecule has 0 radical (unpaired) electrons. The zero-order chi connectivity index (χ0) is 24.1. The number of H-pyrrole nitrogens is 2. The average Bonchev–Trinajstić information content (AvgIpc) is 3.50. The van der Waals surface area contributed by atoms with Gasteiger partial charge in [-0.3, -0.25) is 4.79 Å². The summed E-state index contributed by atoms with van der Waals surface area (Å²) >= 11 is 0. The maximum atomic E-state index is 12.8. The number of fused-ring (bicyclic) bond motifs is 1. The zero-order valence-electron chi connectivity index (χ0n) is 19.0. The van der Waals surface area contributed by atoms with Crippen LogP contribution in [0.2, 0.25) is 0 Å². The molecular weight excluding hydrogens is 434 g/mol. The third-order valence-corrected chi connectivity index (χ3v) is 5.67. The number of esters is 1. The molecule has 0 saturated heterocycles. The van der Waals surface area contributed by atoms with Gasteiger partial charge >= 0.3 is 5.97 Å². The number of amides is 1. The zero-order valence-corrected chi connectivity index (χ0v) is 19.0. The first-order valence-electron chi connectivity index (χ1n) is 10.9. The molecule has 4 aromatic rings. The van der Waals surface area contributed by atoms with Gasteiger partial charge in [0.15, 0.2) is 0 Å². The lowest BCUT2D eigenvalue weighted by Gasteiger charge is -2.18. The molecule has 0 bridgehead atoms. The maximum absolute atomic E-state index is 12.8. The van der Waals surface area contributed by atoms with Gasteiger partial charge in [0.25, 0.3) is 0 Å². The van der Waals surface area contributed by atoms with Crippen molar-refractivity contribution in [3.05, 3.63) is 72.2 Å². The van der Waals surface area contributed by atoms with Crippen LogP contribution in [0.1, 0.15) is 11.3 Å². The van der Waals surface area contributed by atoms with Crippen LogP contribution in [-0.4, -0.2) is 53.1 Å². The number of rotatable bonds is 9. The van der Waals surface area contributed by atoms with Crippen LogP contribution in [0.15, 0.2) is 60.9 Å². The summed E-state index contributed by atoms with van der Waals surface area (Å²) in [4.78, 5) is 36.0. The minimum absolute atomic E-state index is 0.182. The monoisotopic (exact) mass is 461 g/mol. The molecule has 0 aliphatic heterocycles. The van der Waals surface area contributed by atoms with E-state index in [0.29, 0.717) is 17.9 Å². The molecule has 2 aromatic carbocycles. The minimum Gasteiger partial charge on any atom is -0.497 e. The third kappa shape index (κ3) is 5.10. The van der Waals surface area contributed by atoms with Crippen molar-refractivity contribution in [3.8, 4) is 17.1 Å². The lowest BCUT2D eigenvalue weighted by Crippen LogP contribution is -2.50. The molecule has 0 aliphatic rings. The van der Waals surface area contributed by atoms with Gasteiger partial charge in [-0.1, -0.05) is 18.2 Å². The molecule has 4 rings (SSSR count). The molecule has 2 atom stereocenters. The highest BCUT2D eigenvalue weighted by molar-refractivity contribution is 5.89. The fraction of sp³-hybridized carbons (Fsp3) is 0.240. The number of carbonyl (C=O) groups is 2. The van der Waals surface area contributed by atoms with E-state index in [1.54, 1.807) is 13.3 Å². The fourth-order valence-corrected chi connectivity index (χ4v) is 3.82. The van der Waals surface area contributed by atoms with Crippen LogP contribution in [0.3, 0.4) is 0 Å². The second kappa shape index (κ2) is 10.2. The number of imidazole rings is 1. The summed E-state index contributed by atoms with van der Waals surface area (Å²) in [5, 5.41) is 3.74. The van der Waals surface area contributed by atoms with Crippen LogP contribution in [0.25, 0.3) is 22.3 Å².